The van der Waals surface area contributed by atoms with Crippen LogP contribution in [0, 0.1) is 0 Å². The molecule has 1 aliphatic rings. The first-order valence-electron chi connectivity index (χ1n) is 12.4. The number of hydrogen-bond acceptors (Lipinski definition) is 6. The Bertz CT molecular complexity index is 417. The maximum atomic E-state index is 11.8. The van der Waals surface area contributed by atoms with Crippen LogP contribution in [-0.4, -0.2) is 58.9 Å². The Morgan fingerprint density at radius 1 is 0.867 bits per heavy atom. The normalized spacial score (nSPS) is 22.3. The predicted molar refractivity (Wildman–Crippen MR) is 118 cm³/mol. The van der Waals surface area contributed by atoms with Crippen molar-refractivity contribution in [1.82, 2.24) is 0 Å². The minimum absolute atomic E-state index is 0.0179. The van der Waals surface area contributed by atoms with E-state index in [9.17, 15) is 20.1 Å². The monoisotopic (exact) mass is 430 g/mol. The molecule has 3 N–H and O–H groups in total. The Morgan fingerprint density at radius 3 is 1.77 bits per heavy atom. The molecule has 1 aliphatic heterocycles. The summed E-state index contributed by atoms with van der Waals surface area (Å²) in [6.07, 6.45) is 15.4. The molecule has 0 aromatic carbocycles. The summed E-state index contributed by atoms with van der Waals surface area (Å²) in [6.45, 7) is 2.03. The van der Waals surface area contributed by atoms with Gasteiger partial charge in [-0.1, -0.05) is 96.8 Å². The molecule has 0 radical (unpaired) electrons. The van der Waals surface area contributed by atoms with Gasteiger partial charge >= 0.3 is 5.97 Å². The third-order valence-electron chi connectivity index (χ3n) is 5.97. The van der Waals surface area contributed by atoms with Crippen molar-refractivity contribution in [3.63, 3.8) is 0 Å². The zero-order chi connectivity index (χ0) is 22.0. The van der Waals surface area contributed by atoms with Crippen LogP contribution in [0.15, 0.2) is 0 Å². The molecule has 178 valence electrons. The number of ether oxygens (including phenoxy) is 2. The molecule has 0 amide bonds. The lowest BCUT2D eigenvalue weighted by molar-refractivity contribution is -0.151. The summed E-state index contributed by atoms with van der Waals surface area (Å²) in [7, 11) is 0. The molecule has 30 heavy (non-hydrogen) atoms. The number of carbonyl (C=O) groups is 1. The second kappa shape index (κ2) is 17.9. The SMILES string of the molecule is CCCCCCCCCCCCCCCCCC(=O)OC[C@@H](O)C1OC[C@H](O)C1O. The minimum Gasteiger partial charge on any atom is -0.463 e. The summed E-state index contributed by atoms with van der Waals surface area (Å²) >= 11 is 0. The van der Waals surface area contributed by atoms with E-state index in [0.29, 0.717) is 6.42 Å². The molecule has 6 nitrogen and oxygen atoms in total. The first-order valence-corrected chi connectivity index (χ1v) is 12.4. The van der Waals surface area contributed by atoms with Crippen molar-refractivity contribution in [2.75, 3.05) is 13.2 Å². The molecule has 0 aliphatic carbocycles. The molecular formula is C24H46O6. The number of aliphatic hydroxyl groups is 3. The summed E-state index contributed by atoms with van der Waals surface area (Å²) < 4.78 is 10.2. The zero-order valence-electron chi connectivity index (χ0n) is 19.1. The quantitative estimate of drug-likeness (QED) is 0.209. The van der Waals surface area contributed by atoms with Gasteiger partial charge in [0.05, 0.1) is 6.61 Å². The smallest absolute Gasteiger partial charge is 0.305 e. The van der Waals surface area contributed by atoms with E-state index in [4.69, 9.17) is 9.47 Å². The van der Waals surface area contributed by atoms with Crippen molar-refractivity contribution >= 4 is 5.97 Å². The molecular weight excluding hydrogens is 384 g/mol. The topological polar surface area (TPSA) is 96.2 Å². The number of aliphatic hydroxyl groups excluding tert-OH is 3. The summed E-state index contributed by atoms with van der Waals surface area (Å²) in [5.74, 6) is -0.336. The lowest BCUT2D eigenvalue weighted by atomic mass is 10.0. The zero-order valence-corrected chi connectivity index (χ0v) is 19.1. The van der Waals surface area contributed by atoms with Crippen LogP contribution in [0.25, 0.3) is 0 Å². The maximum Gasteiger partial charge on any atom is 0.305 e. The molecule has 1 rings (SSSR count). The molecule has 1 heterocycles. The molecule has 4 atom stereocenters. The average Bonchev–Trinajstić information content (AvgIpc) is 3.07. The van der Waals surface area contributed by atoms with Crippen LogP contribution < -0.4 is 0 Å². The van der Waals surface area contributed by atoms with E-state index in [1.807, 2.05) is 0 Å². The standard InChI is InChI=1S/C24H46O6/c1-2-3-4-5-6-7-8-9-10-11-12-13-14-15-16-17-22(27)29-19-21(26)24-23(28)20(25)18-30-24/h20-21,23-26,28H,2-19H2,1H3/t20-,21+,23?,24?/m0/s1. The molecule has 0 aromatic rings. The fourth-order valence-electron chi connectivity index (χ4n) is 3.95. The predicted octanol–water partition coefficient (Wildman–Crippen LogP) is 4.27. The van der Waals surface area contributed by atoms with Crippen molar-refractivity contribution < 1.29 is 29.6 Å². The van der Waals surface area contributed by atoms with Gasteiger partial charge in [0.2, 0.25) is 0 Å². The van der Waals surface area contributed by atoms with Gasteiger partial charge in [-0.05, 0) is 6.42 Å². The number of hydrogen-bond donors (Lipinski definition) is 3. The summed E-state index contributed by atoms with van der Waals surface area (Å²) in [4.78, 5) is 11.8. The third-order valence-corrected chi connectivity index (χ3v) is 5.97. The fourth-order valence-corrected chi connectivity index (χ4v) is 3.95. The van der Waals surface area contributed by atoms with Gasteiger partial charge < -0.3 is 24.8 Å². The van der Waals surface area contributed by atoms with Gasteiger partial charge in [0.25, 0.3) is 0 Å². The second-order valence-electron chi connectivity index (χ2n) is 8.81. The van der Waals surface area contributed by atoms with Gasteiger partial charge in [-0.15, -0.1) is 0 Å². The van der Waals surface area contributed by atoms with Crippen LogP contribution in [0.2, 0.25) is 0 Å². The van der Waals surface area contributed by atoms with Crippen LogP contribution in [0.4, 0.5) is 0 Å². The Kier molecular flexibility index (Phi) is 16.3. The molecule has 0 spiro atoms. The lowest BCUT2D eigenvalue weighted by Crippen LogP contribution is -2.41. The molecule has 0 saturated carbocycles. The third kappa shape index (κ3) is 12.9. The van der Waals surface area contributed by atoms with E-state index < -0.39 is 24.4 Å². The van der Waals surface area contributed by atoms with Crippen molar-refractivity contribution in [3.8, 4) is 0 Å². The van der Waals surface area contributed by atoms with Crippen LogP contribution in [-0.2, 0) is 14.3 Å². The highest BCUT2D eigenvalue weighted by molar-refractivity contribution is 5.69. The van der Waals surface area contributed by atoms with Crippen molar-refractivity contribution in [2.45, 2.75) is 134 Å². The molecule has 1 fully saturated rings. The highest BCUT2D eigenvalue weighted by Crippen LogP contribution is 2.18. The highest BCUT2D eigenvalue weighted by Gasteiger charge is 2.39. The largest absolute Gasteiger partial charge is 0.463 e. The maximum absolute atomic E-state index is 11.8. The van der Waals surface area contributed by atoms with Crippen LogP contribution >= 0.6 is 0 Å². The van der Waals surface area contributed by atoms with Crippen LogP contribution in [0.5, 0.6) is 0 Å². The molecule has 0 bridgehead atoms. The van der Waals surface area contributed by atoms with Gasteiger partial charge in [-0.3, -0.25) is 4.79 Å². The minimum atomic E-state index is -1.14. The summed E-state index contributed by atoms with van der Waals surface area (Å²) in [6, 6.07) is 0. The van der Waals surface area contributed by atoms with Gasteiger partial charge in [0, 0.05) is 6.42 Å². The average molecular weight is 431 g/mol. The second-order valence-corrected chi connectivity index (χ2v) is 8.81. The summed E-state index contributed by atoms with van der Waals surface area (Å²) in [5.41, 5.74) is 0. The first-order chi connectivity index (χ1) is 14.6. The van der Waals surface area contributed by atoms with Crippen molar-refractivity contribution in [2.24, 2.45) is 0 Å². The first kappa shape index (κ1) is 27.3. The van der Waals surface area contributed by atoms with E-state index >= 15 is 0 Å². The van der Waals surface area contributed by atoms with Crippen molar-refractivity contribution in [3.05, 3.63) is 0 Å². The lowest BCUT2D eigenvalue weighted by Gasteiger charge is -2.20. The van der Waals surface area contributed by atoms with Gasteiger partial charge in [-0.2, -0.15) is 0 Å². The van der Waals surface area contributed by atoms with E-state index in [2.05, 4.69) is 6.92 Å². The van der Waals surface area contributed by atoms with Crippen molar-refractivity contribution in [1.29, 1.82) is 0 Å². The highest BCUT2D eigenvalue weighted by atomic mass is 16.6. The number of carbonyl (C=O) groups excluding carboxylic acids is 1. The van der Waals surface area contributed by atoms with Gasteiger partial charge in [0.1, 0.15) is 31.0 Å². The van der Waals surface area contributed by atoms with Gasteiger partial charge in [-0.25, -0.2) is 0 Å². The Morgan fingerprint density at radius 2 is 1.33 bits per heavy atom. The van der Waals surface area contributed by atoms with E-state index in [-0.39, 0.29) is 19.2 Å². The number of rotatable bonds is 19. The Hall–Kier alpha value is -0.690. The summed E-state index contributed by atoms with van der Waals surface area (Å²) in [5, 5.41) is 29.0. The Labute approximate surface area is 183 Å². The van der Waals surface area contributed by atoms with Gasteiger partial charge in [0.15, 0.2) is 0 Å². The van der Waals surface area contributed by atoms with E-state index in [1.54, 1.807) is 0 Å². The fraction of sp³-hybridized carbons (Fsp3) is 0.958. The number of esters is 1. The number of unbranched alkanes of at least 4 members (excludes halogenated alkanes) is 14. The van der Waals surface area contributed by atoms with E-state index in [0.717, 1.165) is 19.3 Å². The van der Waals surface area contributed by atoms with Crippen LogP contribution in [0.1, 0.15) is 110 Å². The molecule has 1 saturated heterocycles. The van der Waals surface area contributed by atoms with Crippen LogP contribution in [0.3, 0.4) is 0 Å². The molecule has 0 aromatic heterocycles. The van der Waals surface area contributed by atoms with E-state index in [1.165, 1.54) is 77.0 Å². The molecule has 6 heteroatoms. The Balaban J connectivity index is 1.83. The molecule has 2 unspecified atom stereocenters.